The fourth-order valence-corrected chi connectivity index (χ4v) is 2.93. The minimum atomic E-state index is -3.99. The Morgan fingerprint density at radius 1 is 0.913 bits per heavy atom. The van der Waals surface area contributed by atoms with E-state index in [1.54, 1.807) is 12.1 Å². The monoisotopic (exact) mass is 332 g/mol. The second kappa shape index (κ2) is 5.77. The molecule has 0 saturated carbocycles. The summed E-state index contributed by atoms with van der Waals surface area (Å²) in [6, 6.07) is 13.1. The Kier molecular flexibility index (Phi) is 3.79. The van der Waals surface area contributed by atoms with Crippen molar-refractivity contribution in [2.75, 3.05) is 7.11 Å². The van der Waals surface area contributed by atoms with Crippen molar-refractivity contribution in [1.29, 1.82) is 0 Å². The quantitative estimate of drug-likeness (QED) is 0.539. The number of hydrogen-bond acceptors (Lipinski definition) is 6. The molecule has 118 valence electrons. The molecule has 1 heterocycles. The van der Waals surface area contributed by atoms with Gasteiger partial charge in [0, 0.05) is 17.5 Å². The normalized spacial score (nSPS) is 11.3. The van der Waals surface area contributed by atoms with E-state index >= 15 is 0 Å². The first-order valence-corrected chi connectivity index (χ1v) is 8.01. The van der Waals surface area contributed by atoms with Gasteiger partial charge >= 0.3 is 15.7 Å². The fraction of sp³-hybridized carbons (Fsp3) is 0.0625. The van der Waals surface area contributed by atoms with Gasteiger partial charge in [-0.2, -0.15) is 8.42 Å². The molecule has 23 heavy (non-hydrogen) atoms. The van der Waals surface area contributed by atoms with E-state index in [-0.39, 0.29) is 16.2 Å². The molecular formula is C16H12O6S. The summed E-state index contributed by atoms with van der Waals surface area (Å²) in [5.41, 5.74) is -0.271. The van der Waals surface area contributed by atoms with Crippen LogP contribution in [0, 0.1) is 0 Å². The van der Waals surface area contributed by atoms with Gasteiger partial charge in [-0.1, -0.05) is 0 Å². The van der Waals surface area contributed by atoms with E-state index in [0.29, 0.717) is 11.1 Å². The third kappa shape index (κ3) is 3.19. The second-order valence-corrected chi connectivity index (χ2v) is 6.21. The zero-order chi connectivity index (χ0) is 16.4. The lowest BCUT2D eigenvalue weighted by molar-refractivity contribution is 0.414. The molecule has 0 saturated heterocycles. The molecule has 0 aliphatic carbocycles. The van der Waals surface area contributed by atoms with Crippen molar-refractivity contribution in [1.82, 2.24) is 0 Å². The van der Waals surface area contributed by atoms with Gasteiger partial charge in [-0.3, -0.25) is 0 Å². The van der Waals surface area contributed by atoms with Gasteiger partial charge in [-0.15, -0.1) is 0 Å². The highest BCUT2D eigenvalue weighted by Crippen LogP contribution is 2.24. The molecule has 7 heteroatoms. The SMILES string of the molecule is COc1ccc(S(=O)(=O)Oc2ccc3ccc(=O)oc3c2)cc1. The van der Waals surface area contributed by atoms with Crippen LogP contribution in [0.25, 0.3) is 11.0 Å². The first kappa shape index (κ1) is 15.1. The maximum absolute atomic E-state index is 12.2. The van der Waals surface area contributed by atoms with Crippen molar-refractivity contribution in [3.8, 4) is 11.5 Å². The number of rotatable bonds is 4. The van der Waals surface area contributed by atoms with Crippen LogP contribution in [-0.2, 0) is 10.1 Å². The molecule has 0 atom stereocenters. The summed E-state index contributed by atoms with van der Waals surface area (Å²) in [6.07, 6.45) is 0. The topological polar surface area (TPSA) is 82.8 Å². The first-order valence-electron chi connectivity index (χ1n) is 6.60. The molecule has 3 rings (SSSR count). The van der Waals surface area contributed by atoms with Gasteiger partial charge in [-0.05, 0) is 42.5 Å². The molecule has 3 aromatic rings. The number of ether oxygens (including phenoxy) is 1. The van der Waals surface area contributed by atoms with Gasteiger partial charge < -0.3 is 13.3 Å². The van der Waals surface area contributed by atoms with E-state index < -0.39 is 15.7 Å². The molecule has 0 radical (unpaired) electrons. The lowest BCUT2D eigenvalue weighted by Gasteiger charge is -2.08. The van der Waals surface area contributed by atoms with E-state index in [1.807, 2.05) is 0 Å². The van der Waals surface area contributed by atoms with Gasteiger partial charge in [0.25, 0.3) is 0 Å². The molecule has 0 spiro atoms. The van der Waals surface area contributed by atoms with Gasteiger partial charge in [-0.25, -0.2) is 4.79 Å². The van der Waals surface area contributed by atoms with Crippen LogP contribution in [0.4, 0.5) is 0 Å². The van der Waals surface area contributed by atoms with Crippen molar-refractivity contribution < 1.29 is 21.8 Å². The highest BCUT2D eigenvalue weighted by atomic mass is 32.2. The average Bonchev–Trinajstić information content (AvgIpc) is 2.54. The van der Waals surface area contributed by atoms with Crippen LogP contribution in [-0.4, -0.2) is 15.5 Å². The van der Waals surface area contributed by atoms with Crippen molar-refractivity contribution in [2.24, 2.45) is 0 Å². The van der Waals surface area contributed by atoms with Crippen LogP contribution in [0.15, 0.2) is 68.7 Å². The first-order chi connectivity index (χ1) is 11.0. The highest BCUT2D eigenvalue weighted by Gasteiger charge is 2.17. The summed E-state index contributed by atoms with van der Waals surface area (Å²) in [5.74, 6) is 0.596. The van der Waals surface area contributed by atoms with Gasteiger partial charge in [0.1, 0.15) is 22.0 Å². The van der Waals surface area contributed by atoms with Crippen LogP contribution in [0.1, 0.15) is 0 Å². The average molecular weight is 332 g/mol. The molecule has 0 fully saturated rings. The van der Waals surface area contributed by atoms with E-state index in [9.17, 15) is 13.2 Å². The van der Waals surface area contributed by atoms with Crippen LogP contribution in [0.5, 0.6) is 11.5 Å². The van der Waals surface area contributed by atoms with Crippen molar-refractivity contribution in [3.05, 3.63) is 65.0 Å². The van der Waals surface area contributed by atoms with Gasteiger partial charge in [0.05, 0.1) is 7.11 Å². The van der Waals surface area contributed by atoms with Crippen LogP contribution >= 0.6 is 0 Å². The van der Waals surface area contributed by atoms with Gasteiger partial charge in [0.15, 0.2) is 0 Å². The predicted molar refractivity (Wildman–Crippen MR) is 83.3 cm³/mol. The molecule has 0 bridgehead atoms. The Morgan fingerprint density at radius 3 is 2.26 bits per heavy atom. The summed E-state index contributed by atoms with van der Waals surface area (Å²) in [6.45, 7) is 0. The van der Waals surface area contributed by atoms with Crippen molar-refractivity contribution in [3.63, 3.8) is 0 Å². The number of fused-ring (bicyclic) bond motifs is 1. The minimum absolute atomic E-state index is 0.00656. The highest BCUT2D eigenvalue weighted by molar-refractivity contribution is 7.87. The minimum Gasteiger partial charge on any atom is -0.497 e. The largest absolute Gasteiger partial charge is 0.497 e. The van der Waals surface area contributed by atoms with Crippen molar-refractivity contribution in [2.45, 2.75) is 4.90 Å². The summed E-state index contributed by atoms with van der Waals surface area (Å²) in [5, 5.41) is 0.666. The van der Waals surface area contributed by atoms with E-state index in [4.69, 9.17) is 13.3 Å². The maximum atomic E-state index is 12.2. The Bertz CT molecular complexity index is 1000. The van der Waals surface area contributed by atoms with Crippen LogP contribution < -0.4 is 14.5 Å². The Hall–Kier alpha value is -2.80. The van der Waals surface area contributed by atoms with Crippen LogP contribution in [0.2, 0.25) is 0 Å². The van der Waals surface area contributed by atoms with E-state index in [1.165, 1.54) is 49.6 Å². The lowest BCUT2D eigenvalue weighted by atomic mass is 10.2. The Labute approximate surface area is 132 Å². The molecular weight excluding hydrogens is 320 g/mol. The molecule has 0 unspecified atom stereocenters. The van der Waals surface area contributed by atoms with Crippen molar-refractivity contribution >= 4 is 21.1 Å². The predicted octanol–water partition coefficient (Wildman–Crippen LogP) is 2.57. The molecule has 0 N–H and O–H groups in total. The molecule has 2 aromatic carbocycles. The second-order valence-electron chi connectivity index (χ2n) is 4.67. The third-order valence-corrected chi connectivity index (χ3v) is 4.41. The zero-order valence-electron chi connectivity index (χ0n) is 12.1. The summed E-state index contributed by atoms with van der Waals surface area (Å²) in [4.78, 5) is 11.2. The summed E-state index contributed by atoms with van der Waals surface area (Å²) < 4.78 is 39.6. The summed E-state index contributed by atoms with van der Waals surface area (Å²) >= 11 is 0. The Morgan fingerprint density at radius 2 is 1.57 bits per heavy atom. The number of hydrogen-bond donors (Lipinski definition) is 0. The lowest BCUT2D eigenvalue weighted by Crippen LogP contribution is -2.09. The molecule has 1 aromatic heterocycles. The van der Waals surface area contributed by atoms with Crippen LogP contribution in [0.3, 0.4) is 0 Å². The molecule has 0 amide bonds. The van der Waals surface area contributed by atoms with E-state index in [2.05, 4.69) is 0 Å². The molecule has 0 aliphatic rings. The standard InChI is InChI=1S/C16H12O6S/c1-20-12-5-7-14(8-6-12)23(18,19)22-13-4-2-11-3-9-16(17)21-15(11)10-13/h2-10H,1H3. The molecule has 6 nitrogen and oxygen atoms in total. The van der Waals surface area contributed by atoms with E-state index in [0.717, 1.165) is 0 Å². The maximum Gasteiger partial charge on any atom is 0.339 e. The summed E-state index contributed by atoms with van der Waals surface area (Å²) in [7, 11) is -2.50. The number of benzene rings is 2. The number of methoxy groups -OCH3 is 1. The molecule has 0 aliphatic heterocycles. The van der Waals surface area contributed by atoms with Gasteiger partial charge in [0.2, 0.25) is 0 Å². The zero-order valence-corrected chi connectivity index (χ0v) is 12.9. The fourth-order valence-electron chi connectivity index (χ4n) is 2.01. The smallest absolute Gasteiger partial charge is 0.339 e. The third-order valence-electron chi connectivity index (χ3n) is 3.15. The Balaban J connectivity index is 1.94.